The number of anilines is 1. The maximum absolute atomic E-state index is 13.6. The summed E-state index contributed by atoms with van der Waals surface area (Å²) < 4.78 is 54.3. The fourth-order valence-corrected chi connectivity index (χ4v) is 5.57. The monoisotopic (exact) mass is 545 g/mol. The van der Waals surface area contributed by atoms with E-state index in [4.69, 9.17) is 17.3 Å². The summed E-state index contributed by atoms with van der Waals surface area (Å²) in [5, 5.41) is 6.27. The van der Waals surface area contributed by atoms with Crippen LogP contribution < -0.4 is 11.1 Å². The van der Waals surface area contributed by atoms with Crippen molar-refractivity contribution >= 4 is 62.0 Å². The molecule has 35 heavy (non-hydrogen) atoms. The molecule has 4 rings (SSSR count). The largest absolute Gasteiger partial charge is 0.365 e. The fourth-order valence-electron chi connectivity index (χ4n) is 3.45. The minimum absolute atomic E-state index is 0.00172. The summed E-state index contributed by atoms with van der Waals surface area (Å²) in [7, 11) is 0. The number of hydrogen-bond donors (Lipinski definition) is 2. The number of fused-ring (bicyclic) bond motifs is 1. The lowest BCUT2D eigenvalue weighted by Gasteiger charge is -2.10. The molecule has 0 radical (unpaired) electrons. The lowest BCUT2D eigenvalue weighted by atomic mass is 10.1. The molecule has 3 N–H and O–H groups in total. The zero-order valence-corrected chi connectivity index (χ0v) is 20.4. The zero-order valence-electron chi connectivity index (χ0n) is 18.0. The average Bonchev–Trinajstić information content (AvgIpc) is 3.45. The predicted octanol–water partition coefficient (Wildman–Crippen LogP) is 6.10. The number of nitrogens with zero attached hydrogens (tertiary/aromatic N) is 3. The van der Waals surface area contributed by atoms with E-state index in [9.17, 15) is 27.2 Å². The van der Waals surface area contributed by atoms with Gasteiger partial charge in [0, 0.05) is 20.7 Å². The van der Waals surface area contributed by atoms with Gasteiger partial charge in [-0.25, -0.2) is 22.5 Å². The number of carbonyl (C=O) groups excluding carboxylic acids is 2. The highest BCUT2D eigenvalue weighted by Gasteiger charge is 2.26. The van der Waals surface area contributed by atoms with Gasteiger partial charge in [0.15, 0.2) is 0 Å². The minimum Gasteiger partial charge on any atom is -0.365 e. The van der Waals surface area contributed by atoms with Crippen LogP contribution in [0.1, 0.15) is 44.5 Å². The molecule has 4 heterocycles. The number of aromatic nitrogens is 3. The Morgan fingerprint density at radius 2 is 1.89 bits per heavy atom. The summed E-state index contributed by atoms with van der Waals surface area (Å²) in [6.45, 7) is 2.77. The van der Waals surface area contributed by atoms with Crippen molar-refractivity contribution in [2.24, 2.45) is 5.73 Å². The van der Waals surface area contributed by atoms with Gasteiger partial charge in [0.2, 0.25) is 5.91 Å². The Morgan fingerprint density at radius 3 is 2.43 bits per heavy atom. The van der Waals surface area contributed by atoms with Gasteiger partial charge >= 0.3 is 0 Å². The number of hydrogen-bond acceptors (Lipinski definition) is 6. The van der Waals surface area contributed by atoms with Crippen molar-refractivity contribution < 1.29 is 27.2 Å². The van der Waals surface area contributed by atoms with E-state index in [0.29, 0.717) is 10.4 Å². The number of aryl methyl sites for hydroxylation is 1. The highest BCUT2D eigenvalue weighted by atomic mass is 35.5. The third-order valence-electron chi connectivity index (χ3n) is 5.06. The van der Waals surface area contributed by atoms with Crippen molar-refractivity contribution in [3.63, 3.8) is 0 Å². The zero-order chi connectivity index (χ0) is 25.6. The predicted molar refractivity (Wildman–Crippen MR) is 127 cm³/mol. The Bertz CT molecular complexity index is 1460. The van der Waals surface area contributed by atoms with Crippen LogP contribution in [-0.2, 0) is 11.3 Å². The molecule has 0 saturated heterocycles. The van der Waals surface area contributed by atoms with Crippen molar-refractivity contribution in [1.82, 2.24) is 14.8 Å². The Balaban J connectivity index is 1.82. The summed E-state index contributed by atoms with van der Waals surface area (Å²) in [4.78, 5) is 30.6. The molecule has 0 saturated carbocycles. The lowest BCUT2D eigenvalue weighted by molar-refractivity contribution is -0.116. The molecular formula is C21H16ClF4N5O2S2. The van der Waals surface area contributed by atoms with Gasteiger partial charge in [-0.1, -0.05) is 11.6 Å². The second-order valence-electron chi connectivity index (χ2n) is 7.45. The van der Waals surface area contributed by atoms with E-state index in [1.54, 1.807) is 12.1 Å². The maximum Gasteiger partial charge on any atom is 0.283 e. The molecule has 7 nitrogen and oxygen atoms in total. The first-order valence-electron chi connectivity index (χ1n) is 9.90. The second-order valence-corrected chi connectivity index (χ2v) is 10.1. The molecule has 184 valence electrons. The molecule has 0 aliphatic carbocycles. The first kappa shape index (κ1) is 25.1. The van der Waals surface area contributed by atoms with Crippen LogP contribution in [0.5, 0.6) is 0 Å². The standard InChI is InChI=1S/C21H16ClF4N5O2S2/c1-7-3-4-11(34-7)9-5-10(18(23)24)28-21-13(9)15(17(35-21)20(27)33)29-12(32)6-31-8(2)14(22)16(30-31)19(25)26/h3-5,18-19H,6H2,1-2H3,(H2,27,33)(H,29,32). The topological polar surface area (TPSA) is 103 Å². The molecular weight excluding hydrogens is 530 g/mol. The Kier molecular flexibility index (Phi) is 6.84. The number of nitrogens with two attached hydrogens (primary N) is 1. The van der Waals surface area contributed by atoms with E-state index in [2.05, 4.69) is 15.4 Å². The Hall–Kier alpha value is -3.03. The van der Waals surface area contributed by atoms with Crippen molar-refractivity contribution in [2.45, 2.75) is 33.2 Å². The quantitative estimate of drug-likeness (QED) is 0.274. The van der Waals surface area contributed by atoms with Gasteiger partial charge in [-0.15, -0.1) is 22.7 Å². The van der Waals surface area contributed by atoms with Crippen LogP contribution >= 0.6 is 34.3 Å². The van der Waals surface area contributed by atoms with E-state index >= 15 is 0 Å². The molecule has 0 bridgehead atoms. The van der Waals surface area contributed by atoms with Crippen LogP contribution in [0, 0.1) is 13.8 Å². The first-order chi connectivity index (χ1) is 16.5. The van der Waals surface area contributed by atoms with Gasteiger partial charge in [0.25, 0.3) is 18.8 Å². The van der Waals surface area contributed by atoms with Crippen LogP contribution in [0.2, 0.25) is 5.02 Å². The third-order valence-corrected chi connectivity index (χ3v) is 7.66. The number of pyridine rings is 1. The number of carbonyl (C=O) groups is 2. The van der Waals surface area contributed by atoms with Crippen molar-refractivity contribution in [1.29, 1.82) is 0 Å². The van der Waals surface area contributed by atoms with Gasteiger partial charge < -0.3 is 11.1 Å². The van der Waals surface area contributed by atoms with Crippen LogP contribution in [0.15, 0.2) is 18.2 Å². The van der Waals surface area contributed by atoms with E-state index in [-0.39, 0.29) is 31.5 Å². The highest BCUT2D eigenvalue weighted by molar-refractivity contribution is 7.21. The first-order valence-corrected chi connectivity index (χ1v) is 11.9. The van der Waals surface area contributed by atoms with Crippen LogP contribution in [0.25, 0.3) is 20.7 Å². The lowest BCUT2D eigenvalue weighted by Crippen LogP contribution is -2.22. The van der Waals surface area contributed by atoms with E-state index in [0.717, 1.165) is 20.9 Å². The van der Waals surface area contributed by atoms with E-state index < -0.39 is 42.6 Å². The summed E-state index contributed by atoms with van der Waals surface area (Å²) in [5.74, 6) is -1.62. The molecule has 0 unspecified atom stereocenters. The normalized spacial score (nSPS) is 11.7. The molecule has 0 atom stereocenters. The molecule has 4 aromatic rings. The Morgan fingerprint density at radius 1 is 1.17 bits per heavy atom. The van der Waals surface area contributed by atoms with Gasteiger partial charge in [-0.3, -0.25) is 14.3 Å². The van der Waals surface area contributed by atoms with Crippen LogP contribution in [0.4, 0.5) is 23.2 Å². The molecule has 0 aliphatic rings. The number of halogens is 5. The molecule has 2 amide bonds. The molecule has 0 aliphatic heterocycles. The van der Waals surface area contributed by atoms with Gasteiger partial charge in [-0.2, -0.15) is 5.10 Å². The molecule has 0 spiro atoms. The molecule has 0 fully saturated rings. The highest BCUT2D eigenvalue weighted by Crippen LogP contribution is 2.44. The average molecular weight is 546 g/mol. The number of primary amides is 1. The summed E-state index contributed by atoms with van der Waals surface area (Å²) >= 11 is 7.99. The van der Waals surface area contributed by atoms with E-state index in [1.807, 2.05) is 6.92 Å². The third kappa shape index (κ3) is 4.75. The van der Waals surface area contributed by atoms with Gasteiger partial charge in [0.05, 0.1) is 16.4 Å². The smallest absolute Gasteiger partial charge is 0.283 e. The number of alkyl halides is 4. The van der Waals surface area contributed by atoms with Crippen molar-refractivity contribution in [3.05, 3.63) is 50.1 Å². The van der Waals surface area contributed by atoms with Gasteiger partial charge in [0.1, 0.15) is 27.6 Å². The molecule has 0 aromatic carbocycles. The maximum atomic E-state index is 13.6. The summed E-state index contributed by atoms with van der Waals surface area (Å²) in [5.41, 5.74) is 4.86. The summed E-state index contributed by atoms with van der Waals surface area (Å²) in [6.07, 6.45) is -5.80. The SMILES string of the molecule is Cc1ccc(-c2cc(C(F)F)nc3sc(C(N)=O)c(NC(=O)Cn4nc(C(F)F)c(Cl)c4C)c23)s1. The molecule has 4 aromatic heterocycles. The summed E-state index contributed by atoms with van der Waals surface area (Å²) in [6, 6.07) is 4.74. The number of rotatable bonds is 7. The fraction of sp³-hybridized carbons (Fsp3) is 0.238. The number of nitrogens with one attached hydrogen (secondary N) is 1. The number of amides is 2. The van der Waals surface area contributed by atoms with Crippen molar-refractivity contribution in [2.75, 3.05) is 5.32 Å². The Labute approximate surface area is 208 Å². The van der Waals surface area contributed by atoms with Crippen molar-refractivity contribution in [3.8, 4) is 10.4 Å². The number of thiophene rings is 2. The molecule has 14 heteroatoms. The van der Waals surface area contributed by atoms with Crippen LogP contribution in [-0.4, -0.2) is 26.6 Å². The minimum atomic E-state index is -2.93. The van der Waals surface area contributed by atoms with Crippen LogP contribution in [0.3, 0.4) is 0 Å². The van der Waals surface area contributed by atoms with E-state index in [1.165, 1.54) is 24.3 Å². The van der Waals surface area contributed by atoms with Gasteiger partial charge in [-0.05, 0) is 32.0 Å². The second kappa shape index (κ2) is 9.55.